The molecule has 0 aromatic heterocycles. The lowest BCUT2D eigenvalue weighted by atomic mass is 10.1. The summed E-state index contributed by atoms with van der Waals surface area (Å²) in [7, 11) is -3.12. The topological polar surface area (TPSA) is 63.7 Å². The summed E-state index contributed by atoms with van der Waals surface area (Å²) in [5, 5.41) is 0. The first-order valence-corrected chi connectivity index (χ1v) is 9.71. The zero-order valence-electron chi connectivity index (χ0n) is 13.5. The third-order valence-corrected chi connectivity index (χ3v) is 5.72. The molecule has 0 bridgehead atoms. The van der Waals surface area contributed by atoms with Gasteiger partial charge in [0, 0.05) is 18.2 Å². The van der Waals surface area contributed by atoms with Gasteiger partial charge in [-0.25, -0.2) is 8.42 Å². The van der Waals surface area contributed by atoms with Crippen LogP contribution in [-0.4, -0.2) is 49.9 Å². The second kappa shape index (κ2) is 7.92. The van der Waals surface area contributed by atoms with Crippen molar-refractivity contribution in [1.82, 2.24) is 4.90 Å². The maximum Gasteiger partial charge on any atom is 0.387 e. The first-order chi connectivity index (χ1) is 11.3. The molecule has 1 unspecified atom stereocenters. The summed E-state index contributed by atoms with van der Waals surface area (Å²) in [6.45, 7) is -0.549. The summed E-state index contributed by atoms with van der Waals surface area (Å²) < 4.78 is 52.4. The summed E-state index contributed by atoms with van der Waals surface area (Å²) >= 11 is 0. The molecule has 134 valence electrons. The average Bonchev–Trinajstić information content (AvgIpc) is 2.87. The van der Waals surface area contributed by atoms with E-state index in [1.807, 2.05) is 6.92 Å². The third-order valence-electron chi connectivity index (χ3n) is 3.97. The Morgan fingerprint density at radius 1 is 1.42 bits per heavy atom. The van der Waals surface area contributed by atoms with E-state index in [-0.39, 0.29) is 34.8 Å². The van der Waals surface area contributed by atoms with E-state index >= 15 is 0 Å². The molecular formula is C16H21F2NO4S. The molecule has 5 nitrogen and oxygen atoms in total. The minimum atomic E-state index is -3.12. The summed E-state index contributed by atoms with van der Waals surface area (Å²) in [4.78, 5) is 14.3. The summed E-state index contributed by atoms with van der Waals surface area (Å²) in [5.41, 5.74) is 0.216. The number of carbonyl (C=O) groups is 1. The van der Waals surface area contributed by atoms with E-state index in [4.69, 9.17) is 0 Å². The Balaban J connectivity index is 2.21. The molecule has 24 heavy (non-hydrogen) atoms. The molecule has 8 heteroatoms. The van der Waals surface area contributed by atoms with Crippen molar-refractivity contribution in [1.29, 1.82) is 0 Å². The van der Waals surface area contributed by atoms with Crippen molar-refractivity contribution in [3.63, 3.8) is 0 Å². The molecular weight excluding hydrogens is 340 g/mol. The molecule has 0 spiro atoms. The maximum atomic E-state index is 12.8. The Kier molecular flexibility index (Phi) is 6.15. The Morgan fingerprint density at radius 3 is 2.75 bits per heavy atom. The van der Waals surface area contributed by atoms with Crippen LogP contribution >= 0.6 is 0 Å². The largest absolute Gasteiger partial charge is 0.435 e. The number of ether oxygens (including phenoxy) is 1. The highest BCUT2D eigenvalue weighted by atomic mass is 32.2. The van der Waals surface area contributed by atoms with Crippen molar-refractivity contribution in [2.45, 2.75) is 38.8 Å². The molecule has 1 aromatic carbocycles. The third kappa shape index (κ3) is 4.90. The van der Waals surface area contributed by atoms with Crippen molar-refractivity contribution in [2.24, 2.45) is 0 Å². The summed E-state index contributed by atoms with van der Waals surface area (Å²) in [5.74, 6) is -0.423. The predicted molar refractivity (Wildman–Crippen MR) is 86.1 cm³/mol. The van der Waals surface area contributed by atoms with Crippen LogP contribution in [0.5, 0.6) is 5.75 Å². The van der Waals surface area contributed by atoms with Crippen molar-refractivity contribution in [3.05, 3.63) is 29.8 Å². The van der Waals surface area contributed by atoms with Gasteiger partial charge in [-0.2, -0.15) is 8.78 Å². The van der Waals surface area contributed by atoms with Crippen molar-refractivity contribution < 1.29 is 26.7 Å². The molecule has 1 saturated heterocycles. The van der Waals surface area contributed by atoms with Crippen LogP contribution in [0.1, 0.15) is 36.5 Å². The molecule has 1 aromatic rings. The van der Waals surface area contributed by atoms with Crippen LogP contribution in [-0.2, 0) is 9.84 Å². The van der Waals surface area contributed by atoms with Crippen LogP contribution in [0.2, 0.25) is 0 Å². The van der Waals surface area contributed by atoms with Gasteiger partial charge in [0.15, 0.2) is 9.84 Å². The van der Waals surface area contributed by atoms with E-state index < -0.39 is 16.4 Å². The van der Waals surface area contributed by atoms with Crippen LogP contribution in [0.15, 0.2) is 24.3 Å². The molecule has 0 N–H and O–H groups in total. The van der Waals surface area contributed by atoms with Crippen LogP contribution in [0, 0.1) is 0 Å². The van der Waals surface area contributed by atoms with E-state index in [1.54, 1.807) is 4.90 Å². The number of nitrogens with zero attached hydrogens (tertiary/aromatic N) is 1. The van der Waals surface area contributed by atoms with Gasteiger partial charge in [0.1, 0.15) is 5.75 Å². The first kappa shape index (κ1) is 18.6. The lowest BCUT2D eigenvalue weighted by molar-refractivity contribution is -0.0499. The number of hydrogen-bond acceptors (Lipinski definition) is 4. The first-order valence-electron chi connectivity index (χ1n) is 7.88. The minimum Gasteiger partial charge on any atom is -0.435 e. The number of halogens is 2. The van der Waals surface area contributed by atoms with Gasteiger partial charge in [-0.3, -0.25) is 4.79 Å². The van der Waals surface area contributed by atoms with Gasteiger partial charge in [-0.15, -0.1) is 0 Å². The fourth-order valence-corrected chi connectivity index (χ4v) is 4.50. The zero-order valence-corrected chi connectivity index (χ0v) is 14.3. The van der Waals surface area contributed by atoms with Crippen molar-refractivity contribution in [3.8, 4) is 5.75 Å². The SMILES string of the molecule is CCCCN(C(=O)c1cccc(OC(F)F)c1)C1CCS(=O)(=O)C1. The zero-order chi connectivity index (χ0) is 17.7. The maximum absolute atomic E-state index is 12.8. The highest BCUT2D eigenvalue weighted by Gasteiger charge is 2.34. The molecule has 1 aliphatic heterocycles. The Bertz CT molecular complexity index is 678. The number of amides is 1. The number of rotatable bonds is 7. The molecule has 1 heterocycles. The Morgan fingerprint density at radius 2 is 2.17 bits per heavy atom. The van der Waals surface area contributed by atoms with Crippen molar-refractivity contribution in [2.75, 3.05) is 18.1 Å². The molecule has 2 rings (SSSR count). The van der Waals surface area contributed by atoms with Crippen molar-refractivity contribution >= 4 is 15.7 Å². The molecule has 0 aliphatic carbocycles. The Hall–Kier alpha value is -1.70. The van der Waals surface area contributed by atoms with Crippen LogP contribution in [0.3, 0.4) is 0 Å². The smallest absolute Gasteiger partial charge is 0.387 e. The molecule has 1 amide bonds. The van der Waals surface area contributed by atoms with Crippen LogP contribution in [0.4, 0.5) is 8.78 Å². The van der Waals surface area contributed by atoms with Gasteiger partial charge in [-0.05, 0) is 31.0 Å². The number of sulfone groups is 1. The lowest BCUT2D eigenvalue weighted by Gasteiger charge is -2.28. The van der Waals surface area contributed by atoms with E-state index in [1.165, 1.54) is 24.3 Å². The minimum absolute atomic E-state index is 0.0460. The van der Waals surface area contributed by atoms with Gasteiger partial charge < -0.3 is 9.64 Å². The van der Waals surface area contributed by atoms with E-state index in [9.17, 15) is 22.0 Å². The van der Waals surface area contributed by atoms with E-state index in [2.05, 4.69) is 4.74 Å². The van der Waals surface area contributed by atoms with Gasteiger partial charge in [0.05, 0.1) is 11.5 Å². The molecule has 0 saturated carbocycles. The van der Waals surface area contributed by atoms with Gasteiger partial charge >= 0.3 is 6.61 Å². The summed E-state index contributed by atoms with van der Waals surface area (Å²) in [6.07, 6.45) is 2.01. The van der Waals surface area contributed by atoms with Gasteiger partial charge in [0.2, 0.25) is 0 Å². The fourth-order valence-electron chi connectivity index (χ4n) is 2.77. The van der Waals surface area contributed by atoms with Gasteiger partial charge in [0.25, 0.3) is 5.91 Å². The molecule has 1 fully saturated rings. The monoisotopic (exact) mass is 361 g/mol. The normalized spacial score (nSPS) is 19.4. The van der Waals surface area contributed by atoms with Crippen LogP contribution in [0.25, 0.3) is 0 Å². The van der Waals surface area contributed by atoms with E-state index in [0.29, 0.717) is 13.0 Å². The standard InChI is InChI=1S/C16H21F2NO4S/c1-2-3-8-19(13-7-9-24(21,22)11-13)15(20)12-5-4-6-14(10-12)23-16(17)18/h4-6,10,13,16H,2-3,7-9,11H2,1H3. The Labute approximate surface area is 140 Å². The van der Waals surface area contributed by atoms with Gasteiger partial charge in [-0.1, -0.05) is 19.4 Å². The highest BCUT2D eigenvalue weighted by Crippen LogP contribution is 2.23. The number of hydrogen-bond donors (Lipinski definition) is 0. The average molecular weight is 361 g/mol. The molecule has 1 atom stereocenters. The van der Waals surface area contributed by atoms with Crippen LogP contribution < -0.4 is 4.74 Å². The number of alkyl halides is 2. The molecule has 0 radical (unpaired) electrons. The number of unbranched alkanes of at least 4 members (excludes halogenated alkanes) is 1. The number of benzene rings is 1. The van der Waals surface area contributed by atoms with E-state index in [0.717, 1.165) is 12.8 Å². The number of carbonyl (C=O) groups excluding carboxylic acids is 1. The fraction of sp³-hybridized carbons (Fsp3) is 0.562. The summed E-state index contributed by atoms with van der Waals surface area (Å²) in [6, 6.07) is 5.22. The second-order valence-electron chi connectivity index (χ2n) is 5.82. The second-order valence-corrected chi connectivity index (χ2v) is 8.04. The lowest BCUT2D eigenvalue weighted by Crippen LogP contribution is -2.41. The quantitative estimate of drug-likeness (QED) is 0.749. The highest BCUT2D eigenvalue weighted by molar-refractivity contribution is 7.91. The predicted octanol–water partition coefficient (Wildman–Crippen LogP) is 2.72. The molecule has 1 aliphatic rings.